The second kappa shape index (κ2) is 11.0. The first-order valence-corrected chi connectivity index (χ1v) is 14.8. The third kappa shape index (κ3) is 5.92. The van der Waals surface area contributed by atoms with Crippen molar-refractivity contribution in [1.29, 1.82) is 0 Å². The fourth-order valence-corrected chi connectivity index (χ4v) is 5.56. The van der Waals surface area contributed by atoms with Gasteiger partial charge in [-0.3, -0.25) is 14.4 Å². The van der Waals surface area contributed by atoms with Gasteiger partial charge in [-0.05, 0) is 80.2 Å². The summed E-state index contributed by atoms with van der Waals surface area (Å²) in [6, 6.07) is 23.2. The van der Waals surface area contributed by atoms with Crippen LogP contribution in [0.3, 0.4) is 0 Å². The van der Waals surface area contributed by atoms with Crippen LogP contribution in [0.15, 0.2) is 72.8 Å². The van der Waals surface area contributed by atoms with E-state index in [0.717, 1.165) is 36.8 Å². The summed E-state index contributed by atoms with van der Waals surface area (Å²) in [7, 11) is -3.45. The zero-order chi connectivity index (χ0) is 26.7. The predicted molar refractivity (Wildman–Crippen MR) is 155 cm³/mol. The van der Waals surface area contributed by atoms with E-state index in [-0.39, 0.29) is 11.7 Å². The van der Waals surface area contributed by atoms with Gasteiger partial charge in [-0.1, -0.05) is 49.4 Å². The van der Waals surface area contributed by atoms with Gasteiger partial charge in [0, 0.05) is 29.2 Å². The lowest BCUT2D eigenvalue weighted by molar-refractivity contribution is -0.110. The summed E-state index contributed by atoms with van der Waals surface area (Å²) in [6.07, 6.45) is 2.50. The number of carbonyl (C=O) groups excluding carboxylic acids is 1. The van der Waals surface area contributed by atoms with Crippen molar-refractivity contribution in [3.8, 4) is 0 Å². The van der Waals surface area contributed by atoms with E-state index in [0.29, 0.717) is 28.2 Å². The number of rotatable bonds is 8. The number of fused-ring (bicyclic) bond motifs is 1. The van der Waals surface area contributed by atoms with Crippen molar-refractivity contribution in [1.82, 2.24) is 4.90 Å². The highest BCUT2D eigenvalue weighted by atomic mass is 32.2. The van der Waals surface area contributed by atoms with Crippen LogP contribution >= 0.6 is 0 Å². The Morgan fingerprint density at radius 2 is 1.66 bits per heavy atom. The number of carbonyl (C=O) groups is 1. The minimum atomic E-state index is -3.45. The molecule has 1 saturated heterocycles. The maximum absolute atomic E-state index is 13.2. The molecule has 3 N–H and O–H groups in total. The van der Waals surface area contributed by atoms with Crippen molar-refractivity contribution in [3.63, 3.8) is 0 Å². The third-order valence-electron chi connectivity index (χ3n) is 7.24. The van der Waals surface area contributed by atoms with Gasteiger partial charge >= 0.3 is 0 Å². The van der Waals surface area contributed by atoms with E-state index in [9.17, 15) is 13.2 Å². The maximum Gasteiger partial charge on any atom is 0.258 e. The first-order valence-electron chi connectivity index (χ1n) is 13.2. The molecule has 0 aliphatic carbocycles. The summed E-state index contributed by atoms with van der Waals surface area (Å²) in [5.41, 5.74) is 5.83. The lowest BCUT2D eigenvalue weighted by Gasteiger charge is -2.30. The van der Waals surface area contributed by atoms with Gasteiger partial charge < -0.3 is 10.6 Å². The van der Waals surface area contributed by atoms with Gasteiger partial charge in [0.05, 0.1) is 17.0 Å². The minimum Gasteiger partial charge on any atom is -0.354 e. The van der Waals surface area contributed by atoms with E-state index in [1.807, 2.05) is 42.5 Å². The largest absolute Gasteiger partial charge is 0.354 e. The molecule has 0 radical (unpaired) electrons. The Labute approximate surface area is 225 Å². The van der Waals surface area contributed by atoms with Gasteiger partial charge in [0.1, 0.15) is 0 Å². The van der Waals surface area contributed by atoms with Crippen LogP contribution in [0, 0.1) is 5.92 Å². The Bertz CT molecular complexity index is 1440. The molecule has 2 aliphatic rings. The molecule has 198 valence electrons. The van der Waals surface area contributed by atoms with Crippen molar-refractivity contribution in [2.24, 2.45) is 5.92 Å². The number of amides is 1. The normalized spacial score (nSPS) is 17.6. The summed E-state index contributed by atoms with van der Waals surface area (Å²) in [5, 5.41) is 6.42. The Morgan fingerprint density at radius 3 is 2.34 bits per heavy atom. The average Bonchev–Trinajstić information content (AvgIpc) is 3.24. The molecule has 5 rings (SSSR count). The van der Waals surface area contributed by atoms with Crippen molar-refractivity contribution in [3.05, 3.63) is 89.5 Å². The predicted octanol–water partition coefficient (Wildman–Crippen LogP) is 5.61. The molecule has 0 saturated carbocycles. The van der Waals surface area contributed by atoms with Crippen LogP contribution in [-0.2, 0) is 21.4 Å². The number of nitrogens with one attached hydrogen (secondary N) is 3. The van der Waals surface area contributed by atoms with Gasteiger partial charge in [-0.15, -0.1) is 0 Å². The van der Waals surface area contributed by atoms with Crippen LogP contribution in [0.5, 0.6) is 0 Å². The number of hydrogen-bond donors (Lipinski definition) is 3. The molecule has 0 unspecified atom stereocenters. The highest BCUT2D eigenvalue weighted by molar-refractivity contribution is 7.92. The number of nitrogens with zero attached hydrogens (tertiary/aromatic N) is 1. The zero-order valence-corrected chi connectivity index (χ0v) is 22.6. The molecule has 0 bridgehead atoms. The van der Waals surface area contributed by atoms with Crippen LogP contribution < -0.4 is 15.4 Å². The molecule has 7 nitrogen and oxygen atoms in total. The molecule has 8 heteroatoms. The fraction of sp³-hybridized carbons (Fsp3) is 0.300. The van der Waals surface area contributed by atoms with Crippen molar-refractivity contribution in [2.75, 3.05) is 34.2 Å². The van der Waals surface area contributed by atoms with Gasteiger partial charge in [0.25, 0.3) is 5.91 Å². The lowest BCUT2D eigenvalue weighted by atomic mass is 9.98. The molecule has 38 heavy (non-hydrogen) atoms. The zero-order valence-electron chi connectivity index (χ0n) is 21.8. The lowest BCUT2D eigenvalue weighted by Crippen LogP contribution is -2.32. The summed E-state index contributed by atoms with van der Waals surface area (Å²) in [6.45, 7) is 7.12. The number of piperidine rings is 1. The fourth-order valence-electron chi connectivity index (χ4n) is 4.93. The Balaban J connectivity index is 1.47. The van der Waals surface area contributed by atoms with Crippen LogP contribution in [-0.4, -0.2) is 38.1 Å². The van der Waals surface area contributed by atoms with Crippen LogP contribution in [0.1, 0.15) is 43.4 Å². The van der Waals surface area contributed by atoms with Crippen LogP contribution in [0.4, 0.5) is 17.1 Å². The first-order chi connectivity index (χ1) is 18.3. The number of benzene rings is 3. The summed E-state index contributed by atoms with van der Waals surface area (Å²) < 4.78 is 26.9. The number of hydrogen-bond acceptors (Lipinski definition) is 5. The van der Waals surface area contributed by atoms with Gasteiger partial charge in [0.15, 0.2) is 0 Å². The van der Waals surface area contributed by atoms with E-state index >= 15 is 0 Å². The van der Waals surface area contributed by atoms with E-state index < -0.39 is 10.0 Å². The summed E-state index contributed by atoms with van der Waals surface area (Å²) in [4.78, 5) is 15.7. The molecule has 2 heterocycles. The highest BCUT2D eigenvalue weighted by Crippen LogP contribution is 2.39. The maximum atomic E-state index is 13.2. The van der Waals surface area contributed by atoms with E-state index in [4.69, 9.17) is 0 Å². The number of likely N-dealkylation sites (tertiary alicyclic amines) is 1. The van der Waals surface area contributed by atoms with E-state index in [2.05, 4.69) is 39.3 Å². The van der Waals surface area contributed by atoms with Crippen molar-refractivity contribution < 1.29 is 13.2 Å². The Morgan fingerprint density at radius 1 is 0.974 bits per heavy atom. The Hall–Kier alpha value is -3.62. The second-order valence-electron chi connectivity index (χ2n) is 10.1. The topological polar surface area (TPSA) is 90.5 Å². The molecule has 2 aliphatic heterocycles. The average molecular weight is 531 g/mol. The quantitative estimate of drug-likeness (QED) is 0.329. The molecule has 0 spiro atoms. The molecule has 1 amide bonds. The molecule has 3 aromatic carbocycles. The van der Waals surface area contributed by atoms with Gasteiger partial charge in [-0.2, -0.15) is 0 Å². The van der Waals surface area contributed by atoms with Gasteiger partial charge in [-0.25, -0.2) is 8.42 Å². The number of sulfonamides is 1. The van der Waals surface area contributed by atoms with Gasteiger partial charge in [0.2, 0.25) is 10.0 Å². The molecule has 0 atom stereocenters. The van der Waals surface area contributed by atoms with E-state index in [1.165, 1.54) is 18.4 Å². The smallest absolute Gasteiger partial charge is 0.258 e. The monoisotopic (exact) mass is 530 g/mol. The molecule has 3 aromatic rings. The summed E-state index contributed by atoms with van der Waals surface area (Å²) in [5.74, 6) is 0.536. The van der Waals surface area contributed by atoms with Crippen molar-refractivity contribution in [2.45, 2.75) is 33.2 Å². The number of anilines is 3. The second-order valence-corrected chi connectivity index (χ2v) is 12.1. The van der Waals surface area contributed by atoms with Crippen molar-refractivity contribution >= 4 is 44.3 Å². The first kappa shape index (κ1) is 26.0. The molecular formula is C30H34N4O3S. The van der Waals surface area contributed by atoms with Crippen LogP contribution in [0.25, 0.3) is 11.3 Å². The highest BCUT2D eigenvalue weighted by Gasteiger charge is 2.29. The molecule has 0 aromatic heterocycles. The summed E-state index contributed by atoms with van der Waals surface area (Å²) >= 11 is 0. The molecular weight excluding hydrogens is 496 g/mol. The Kier molecular flexibility index (Phi) is 7.53. The third-order valence-corrected chi connectivity index (χ3v) is 8.54. The minimum absolute atomic E-state index is 0.0341. The standard InChI is InChI=1S/C30H34N4O3S/c1-3-38(36,37)33-25-13-14-27-26(19-25)28(30(35)32-27)29(23-7-5-4-6-8-23)31-24-11-9-22(10-12-24)20-34-17-15-21(2)16-18-34/h4-14,19,21,31,33H,3,15-18,20H2,1-2H3,(H,32,35). The molecule has 1 fully saturated rings. The SMILES string of the molecule is CCS(=O)(=O)Nc1ccc2c(c1)C(=C(Nc1ccc(CN3CCC(C)CC3)cc1)c1ccccc1)C(=O)N2. The van der Waals surface area contributed by atoms with E-state index in [1.54, 1.807) is 25.1 Å². The van der Waals surface area contributed by atoms with Crippen LogP contribution in [0.2, 0.25) is 0 Å².